The molecule has 1 heteroatoms. The number of hydrogen-bond acceptors (Lipinski definition) is 1. The van der Waals surface area contributed by atoms with Crippen molar-refractivity contribution in [3.8, 4) is 0 Å². The van der Waals surface area contributed by atoms with Crippen LogP contribution in [0.25, 0.3) is 0 Å². The first kappa shape index (κ1) is 7.07. The summed E-state index contributed by atoms with van der Waals surface area (Å²) >= 11 is 0. The maximum atomic E-state index is 5.59. The fourth-order valence-electron chi connectivity index (χ4n) is 1.62. The van der Waals surface area contributed by atoms with Crippen LogP contribution in [0.15, 0.2) is 0 Å². The summed E-state index contributed by atoms with van der Waals surface area (Å²) in [5.41, 5.74) is 0.245. The highest BCUT2D eigenvalue weighted by molar-refractivity contribution is 4.80. The van der Waals surface area contributed by atoms with Crippen molar-refractivity contribution in [2.75, 3.05) is 6.61 Å². The minimum atomic E-state index is 0.245. The molecule has 0 saturated heterocycles. The fourth-order valence-corrected chi connectivity index (χ4v) is 1.62. The smallest absolute Gasteiger partial charge is 0.0654 e. The number of rotatable bonds is 2. The van der Waals surface area contributed by atoms with E-state index < -0.39 is 0 Å². The molecular weight excluding hydrogens is 112 g/mol. The van der Waals surface area contributed by atoms with Gasteiger partial charge in [-0.25, -0.2) is 0 Å². The molecule has 0 N–H and O–H groups in total. The quantitative estimate of drug-likeness (QED) is 0.554. The van der Waals surface area contributed by atoms with E-state index in [-0.39, 0.29) is 5.60 Å². The first-order valence-corrected chi connectivity index (χ1v) is 3.91. The highest BCUT2D eigenvalue weighted by Gasteiger charge is 2.28. The van der Waals surface area contributed by atoms with E-state index >= 15 is 0 Å². The Morgan fingerprint density at radius 3 is 2.33 bits per heavy atom. The summed E-state index contributed by atoms with van der Waals surface area (Å²) in [6.45, 7) is 5.17. The Morgan fingerprint density at radius 1 is 1.33 bits per heavy atom. The second-order valence-electron chi connectivity index (χ2n) is 3.09. The molecular formula is C8H16O. The molecule has 0 aromatic rings. The monoisotopic (exact) mass is 128 g/mol. The van der Waals surface area contributed by atoms with E-state index in [2.05, 4.69) is 13.8 Å². The van der Waals surface area contributed by atoms with Gasteiger partial charge in [0, 0.05) is 6.61 Å². The normalized spacial score (nSPS) is 24.7. The Balaban J connectivity index is 2.32. The molecule has 0 spiro atoms. The molecule has 1 nitrogen and oxygen atoms in total. The second kappa shape index (κ2) is 2.70. The summed E-state index contributed by atoms with van der Waals surface area (Å²) in [7, 11) is 0. The number of hydrogen-bond donors (Lipinski definition) is 0. The van der Waals surface area contributed by atoms with Gasteiger partial charge in [0.2, 0.25) is 0 Å². The van der Waals surface area contributed by atoms with Crippen LogP contribution < -0.4 is 0 Å². The zero-order valence-corrected chi connectivity index (χ0v) is 6.44. The van der Waals surface area contributed by atoms with E-state index in [1.54, 1.807) is 0 Å². The SMILES string of the molecule is CCOC1(C)CCCC1. The molecule has 0 aliphatic heterocycles. The Bertz CT molecular complexity index is 82.6. The van der Waals surface area contributed by atoms with E-state index in [0.29, 0.717) is 0 Å². The molecule has 0 heterocycles. The van der Waals surface area contributed by atoms with Crippen LogP contribution in [-0.2, 0) is 4.74 Å². The van der Waals surface area contributed by atoms with Crippen LogP contribution in [0.4, 0.5) is 0 Å². The number of ether oxygens (including phenoxy) is 1. The van der Waals surface area contributed by atoms with Crippen molar-refractivity contribution in [2.45, 2.75) is 45.1 Å². The molecule has 0 aromatic heterocycles. The molecule has 1 aliphatic rings. The van der Waals surface area contributed by atoms with Gasteiger partial charge in [0.25, 0.3) is 0 Å². The van der Waals surface area contributed by atoms with Crippen LogP contribution in [0.3, 0.4) is 0 Å². The van der Waals surface area contributed by atoms with Gasteiger partial charge in [-0.3, -0.25) is 0 Å². The zero-order chi connectivity index (χ0) is 6.74. The Kier molecular flexibility index (Phi) is 2.12. The molecule has 1 aliphatic carbocycles. The fraction of sp³-hybridized carbons (Fsp3) is 1.00. The van der Waals surface area contributed by atoms with Gasteiger partial charge in [-0.05, 0) is 26.7 Å². The third-order valence-electron chi connectivity index (χ3n) is 2.15. The summed E-state index contributed by atoms with van der Waals surface area (Å²) < 4.78 is 5.59. The Hall–Kier alpha value is -0.0400. The molecule has 1 rings (SSSR count). The Labute approximate surface area is 57.4 Å². The maximum Gasteiger partial charge on any atom is 0.0654 e. The minimum Gasteiger partial charge on any atom is -0.376 e. The summed E-state index contributed by atoms with van der Waals surface area (Å²) in [4.78, 5) is 0. The van der Waals surface area contributed by atoms with Gasteiger partial charge in [0.05, 0.1) is 5.60 Å². The lowest BCUT2D eigenvalue weighted by Gasteiger charge is -2.22. The van der Waals surface area contributed by atoms with Crippen molar-refractivity contribution in [3.05, 3.63) is 0 Å². The third kappa shape index (κ3) is 1.68. The maximum absolute atomic E-state index is 5.59. The lowest BCUT2D eigenvalue weighted by atomic mass is 10.1. The molecule has 9 heavy (non-hydrogen) atoms. The van der Waals surface area contributed by atoms with Crippen LogP contribution in [0, 0.1) is 0 Å². The molecule has 0 bridgehead atoms. The predicted octanol–water partition coefficient (Wildman–Crippen LogP) is 2.36. The largest absolute Gasteiger partial charge is 0.376 e. The van der Waals surface area contributed by atoms with Gasteiger partial charge in [-0.2, -0.15) is 0 Å². The topological polar surface area (TPSA) is 9.23 Å². The van der Waals surface area contributed by atoms with Gasteiger partial charge >= 0.3 is 0 Å². The first-order valence-electron chi connectivity index (χ1n) is 3.91. The van der Waals surface area contributed by atoms with Crippen molar-refractivity contribution in [2.24, 2.45) is 0 Å². The van der Waals surface area contributed by atoms with Crippen molar-refractivity contribution in [1.29, 1.82) is 0 Å². The standard InChI is InChI=1S/C8H16O/c1-3-9-8(2)6-4-5-7-8/h3-7H2,1-2H3. The summed E-state index contributed by atoms with van der Waals surface area (Å²) in [6.07, 6.45) is 5.24. The molecule has 0 amide bonds. The van der Waals surface area contributed by atoms with Crippen LogP contribution in [0.5, 0.6) is 0 Å². The van der Waals surface area contributed by atoms with Gasteiger partial charge in [-0.1, -0.05) is 12.8 Å². The third-order valence-corrected chi connectivity index (χ3v) is 2.15. The van der Waals surface area contributed by atoms with Crippen molar-refractivity contribution >= 4 is 0 Å². The van der Waals surface area contributed by atoms with Crippen molar-refractivity contribution < 1.29 is 4.74 Å². The molecule has 0 atom stereocenters. The molecule has 1 saturated carbocycles. The van der Waals surface area contributed by atoms with Crippen LogP contribution >= 0.6 is 0 Å². The van der Waals surface area contributed by atoms with Gasteiger partial charge in [0.1, 0.15) is 0 Å². The highest BCUT2D eigenvalue weighted by Crippen LogP contribution is 2.32. The summed E-state index contributed by atoms with van der Waals surface area (Å²) in [6, 6.07) is 0. The lowest BCUT2D eigenvalue weighted by molar-refractivity contribution is -0.0188. The van der Waals surface area contributed by atoms with E-state index in [1.165, 1.54) is 25.7 Å². The zero-order valence-electron chi connectivity index (χ0n) is 6.44. The van der Waals surface area contributed by atoms with E-state index in [4.69, 9.17) is 4.74 Å². The van der Waals surface area contributed by atoms with E-state index in [0.717, 1.165) is 6.61 Å². The first-order chi connectivity index (χ1) is 4.27. The second-order valence-corrected chi connectivity index (χ2v) is 3.09. The van der Waals surface area contributed by atoms with Gasteiger partial charge in [0.15, 0.2) is 0 Å². The molecule has 0 aromatic carbocycles. The van der Waals surface area contributed by atoms with Gasteiger partial charge < -0.3 is 4.74 Å². The summed E-state index contributed by atoms with van der Waals surface area (Å²) in [5.74, 6) is 0. The van der Waals surface area contributed by atoms with Crippen molar-refractivity contribution in [3.63, 3.8) is 0 Å². The summed E-state index contributed by atoms with van der Waals surface area (Å²) in [5, 5.41) is 0. The van der Waals surface area contributed by atoms with E-state index in [1.807, 2.05) is 0 Å². The van der Waals surface area contributed by atoms with Crippen LogP contribution in [-0.4, -0.2) is 12.2 Å². The predicted molar refractivity (Wildman–Crippen MR) is 38.5 cm³/mol. The highest BCUT2D eigenvalue weighted by atomic mass is 16.5. The molecule has 0 radical (unpaired) electrons. The minimum absolute atomic E-state index is 0.245. The average Bonchev–Trinajstić information content (AvgIpc) is 2.16. The van der Waals surface area contributed by atoms with Gasteiger partial charge in [-0.15, -0.1) is 0 Å². The molecule has 54 valence electrons. The Morgan fingerprint density at radius 2 is 1.89 bits per heavy atom. The molecule has 1 fully saturated rings. The molecule has 0 unspecified atom stereocenters. The van der Waals surface area contributed by atoms with Crippen LogP contribution in [0.1, 0.15) is 39.5 Å². The van der Waals surface area contributed by atoms with E-state index in [9.17, 15) is 0 Å². The van der Waals surface area contributed by atoms with Crippen LogP contribution in [0.2, 0.25) is 0 Å². The average molecular weight is 128 g/mol. The lowest BCUT2D eigenvalue weighted by Crippen LogP contribution is -2.23. The van der Waals surface area contributed by atoms with Crippen molar-refractivity contribution in [1.82, 2.24) is 0 Å².